The summed E-state index contributed by atoms with van der Waals surface area (Å²) >= 11 is 6.67. The second-order valence-electron chi connectivity index (χ2n) is 3.43. The van der Waals surface area contributed by atoms with Gasteiger partial charge in [-0.25, -0.2) is 9.37 Å². The molecule has 0 atom stereocenters. The molecule has 0 aliphatic heterocycles. The lowest BCUT2D eigenvalue weighted by atomic mass is 10.3. The van der Waals surface area contributed by atoms with Gasteiger partial charge in [-0.15, -0.1) is 0 Å². The largest absolute Gasteiger partial charge is 0.378 e. The first-order valence-corrected chi connectivity index (χ1v) is 6.54. The van der Waals surface area contributed by atoms with Crippen LogP contribution in [0.2, 0.25) is 0 Å². The number of halogens is 3. The van der Waals surface area contributed by atoms with Crippen LogP contribution in [0, 0.1) is 5.82 Å². The van der Waals surface area contributed by atoms with Crippen LogP contribution in [-0.2, 0) is 6.54 Å². The van der Waals surface area contributed by atoms with Gasteiger partial charge < -0.3 is 5.32 Å². The van der Waals surface area contributed by atoms with Crippen LogP contribution >= 0.6 is 31.9 Å². The third kappa shape index (κ3) is 3.51. The molecule has 0 aliphatic rings. The van der Waals surface area contributed by atoms with E-state index < -0.39 is 0 Å². The van der Waals surface area contributed by atoms with Gasteiger partial charge in [0.2, 0.25) is 0 Å². The van der Waals surface area contributed by atoms with Crippen LogP contribution in [0.1, 0.15) is 5.69 Å². The molecule has 2 nitrogen and oxygen atoms in total. The van der Waals surface area contributed by atoms with Crippen molar-refractivity contribution >= 4 is 37.5 Å². The molecule has 0 radical (unpaired) electrons. The van der Waals surface area contributed by atoms with Crippen LogP contribution in [0.25, 0.3) is 0 Å². The van der Waals surface area contributed by atoms with Crippen molar-refractivity contribution in [3.63, 3.8) is 0 Å². The van der Waals surface area contributed by atoms with Crippen molar-refractivity contribution in [1.82, 2.24) is 4.98 Å². The van der Waals surface area contributed by atoms with E-state index in [9.17, 15) is 4.39 Å². The molecule has 0 bridgehead atoms. The number of benzene rings is 1. The third-order valence-corrected chi connectivity index (χ3v) is 3.29. The van der Waals surface area contributed by atoms with Crippen molar-refractivity contribution in [2.75, 3.05) is 5.32 Å². The number of hydrogen-bond acceptors (Lipinski definition) is 2. The van der Waals surface area contributed by atoms with Crippen LogP contribution in [0.3, 0.4) is 0 Å². The van der Waals surface area contributed by atoms with E-state index in [1.54, 1.807) is 6.07 Å². The quantitative estimate of drug-likeness (QED) is 0.823. The Kier molecular flexibility index (Phi) is 4.12. The number of pyridine rings is 1. The van der Waals surface area contributed by atoms with Gasteiger partial charge in [0.15, 0.2) is 0 Å². The standard InChI is InChI=1S/C12H9Br2FN2/c13-10-5-4-8(15)6-11(10)16-7-9-2-1-3-12(14)17-9/h1-6,16H,7H2. The molecule has 1 aromatic carbocycles. The van der Waals surface area contributed by atoms with Crippen LogP contribution in [0.15, 0.2) is 45.5 Å². The average Bonchev–Trinajstić information content (AvgIpc) is 2.30. The fourth-order valence-corrected chi connectivity index (χ4v) is 2.13. The lowest BCUT2D eigenvalue weighted by molar-refractivity contribution is 0.628. The molecule has 5 heteroatoms. The monoisotopic (exact) mass is 358 g/mol. The Morgan fingerprint density at radius 3 is 2.76 bits per heavy atom. The lowest BCUT2D eigenvalue weighted by Crippen LogP contribution is -2.02. The first kappa shape index (κ1) is 12.5. The van der Waals surface area contributed by atoms with E-state index in [0.717, 1.165) is 14.8 Å². The van der Waals surface area contributed by atoms with E-state index in [4.69, 9.17) is 0 Å². The predicted octanol–water partition coefficient (Wildman–Crippen LogP) is 4.36. The Balaban J connectivity index is 2.09. The minimum atomic E-state index is -0.266. The molecule has 2 aromatic rings. The maximum absolute atomic E-state index is 13.1. The fraction of sp³-hybridized carbons (Fsp3) is 0.0833. The van der Waals surface area contributed by atoms with E-state index >= 15 is 0 Å². The van der Waals surface area contributed by atoms with Gasteiger partial charge in [-0.1, -0.05) is 6.07 Å². The number of nitrogens with zero attached hydrogens (tertiary/aromatic N) is 1. The third-order valence-electron chi connectivity index (χ3n) is 2.16. The zero-order valence-electron chi connectivity index (χ0n) is 8.75. The Hall–Kier alpha value is -0.940. The Morgan fingerprint density at radius 2 is 2.00 bits per heavy atom. The van der Waals surface area contributed by atoms with Crippen molar-refractivity contribution < 1.29 is 4.39 Å². The second kappa shape index (κ2) is 5.60. The van der Waals surface area contributed by atoms with E-state index in [0.29, 0.717) is 12.2 Å². The topological polar surface area (TPSA) is 24.9 Å². The molecule has 1 aromatic heterocycles. The zero-order chi connectivity index (χ0) is 12.3. The number of rotatable bonds is 3. The molecule has 0 aliphatic carbocycles. The van der Waals surface area contributed by atoms with Crippen molar-refractivity contribution in [1.29, 1.82) is 0 Å². The molecule has 0 saturated heterocycles. The summed E-state index contributed by atoms with van der Waals surface area (Å²) in [7, 11) is 0. The molecule has 88 valence electrons. The van der Waals surface area contributed by atoms with E-state index in [1.807, 2.05) is 18.2 Å². The first-order valence-electron chi connectivity index (χ1n) is 4.95. The van der Waals surface area contributed by atoms with Crippen molar-refractivity contribution in [2.24, 2.45) is 0 Å². The van der Waals surface area contributed by atoms with Gasteiger partial charge in [0.25, 0.3) is 0 Å². The van der Waals surface area contributed by atoms with Crippen molar-refractivity contribution in [2.45, 2.75) is 6.54 Å². The molecule has 1 heterocycles. The Bertz CT molecular complexity index is 532. The van der Waals surface area contributed by atoms with Gasteiger partial charge in [-0.2, -0.15) is 0 Å². The highest BCUT2D eigenvalue weighted by atomic mass is 79.9. The summed E-state index contributed by atoms with van der Waals surface area (Å²) in [5, 5.41) is 3.13. The van der Waals surface area contributed by atoms with Crippen LogP contribution in [0.5, 0.6) is 0 Å². The Morgan fingerprint density at radius 1 is 1.18 bits per heavy atom. The SMILES string of the molecule is Fc1ccc(Br)c(NCc2cccc(Br)n2)c1. The van der Waals surface area contributed by atoms with Crippen LogP contribution in [0.4, 0.5) is 10.1 Å². The highest BCUT2D eigenvalue weighted by molar-refractivity contribution is 9.10. The molecular formula is C12H9Br2FN2. The number of anilines is 1. The molecule has 17 heavy (non-hydrogen) atoms. The molecule has 0 amide bonds. The summed E-state index contributed by atoms with van der Waals surface area (Å²) in [4.78, 5) is 4.29. The summed E-state index contributed by atoms with van der Waals surface area (Å²) in [5.41, 5.74) is 1.60. The van der Waals surface area contributed by atoms with Crippen LogP contribution < -0.4 is 5.32 Å². The van der Waals surface area contributed by atoms with Gasteiger partial charge >= 0.3 is 0 Å². The van der Waals surface area contributed by atoms with E-state index in [-0.39, 0.29) is 5.82 Å². The maximum Gasteiger partial charge on any atom is 0.125 e. The highest BCUT2D eigenvalue weighted by Crippen LogP contribution is 2.23. The van der Waals surface area contributed by atoms with E-state index in [2.05, 4.69) is 42.2 Å². The zero-order valence-corrected chi connectivity index (χ0v) is 11.9. The first-order chi connectivity index (χ1) is 8.15. The van der Waals surface area contributed by atoms with Crippen LogP contribution in [-0.4, -0.2) is 4.98 Å². The number of nitrogens with one attached hydrogen (secondary N) is 1. The fourth-order valence-electron chi connectivity index (χ4n) is 1.37. The number of aromatic nitrogens is 1. The smallest absolute Gasteiger partial charge is 0.125 e. The molecule has 0 saturated carbocycles. The predicted molar refractivity (Wildman–Crippen MR) is 73.4 cm³/mol. The molecular weight excluding hydrogens is 351 g/mol. The average molecular weight is 360 g/mol. The van der Waals surface area contributed by atoms with Gasteiger partial charge in [0, 0.05) is 4.47 Å². The summed E-state index contributed by atoms with van der Waals surface area (Å²) in [5.74, 6) is -0.266. The van der Waals surface area contributed by atoms with Gasteiger partial charge in [0.05, 0.1) is 17.9 Å². The van der Waals surface area contributed by atoms with Gasteiger partial charge in [0.1, 0.15) is 10.4 Å². The van der Waals surface area contributed by atoms with Gasteiger partial charge in [-0.3, -0.25) is 0 Å². The van der Waals surface area contributed by atoms with Gasteiger partial charge in [-0.05, 0) is 62.2 Å². The maximum atomic E-state index is 13.1. The summed E-state index contributed by atoms with van der Waals surface area (Å²) in [6.45, 7) is 0.543. The molecule has 0 fully saturated rings. The summed E-state index contributed by atoms with van der Waals surface area (Å²) < 4.78 is 14.7. The highest BCUT2D eigenvalue weighted by Gasteiger charge is 2.02. The Labute approximate surface area is 116 Å². The minimum absolute atomic E-state index is 0.266. The van der Waals surface area contributed by atoms with Crippen molar-refractivity contribution in [3.8, 4) is 0 Å². The van der Waals surface area contributed by atoms with Crippen molar-refractivity contribution in [3.05, 3.63) is 57.0 Å². The van der Waals surface area contributed by atoms with E-state index in [1.165, 1.54) is 12.1 Å². The molecule has 1 N–H and O–H groups in total. The molecule has 0 spiro atoms. The lowest BCUT2D eigenvalue weighted by Gasteiger charge is -2.08. The minimum Gasteiger partial charge on any atom is -0.378 e. The molecule has 2 rings (SSSR count). The normalized spacial score (nSPS) is 10.3. The molecule has 0 unspecified atom stereocenters. The number of hydrogen-bond donors (Lipinski definition) is 1. The summed E-state index contributed by atoms with van der Waals surface area (Å²) in [6, 6.07) is 10.2. The summed E-state index contributed by atoms with van der Waals surface area (Å²) in [6.07, 6.45) is 0. The second-order valence-corrected chi connectivity index (χ2v) is 5.10.